The normalized spacial score (nSPS) is 12.2. The second-order valence-corrected chi connectivity index (χ2v) is 13.0. The van der Waals surface area contributed by atoms with E-state index in [2.05, 4.69) is 139 Å². The van der Waals surface area contributed by atoms with E-state index in [0.29, 0.717) is 11.8 Å². The van der Waals surface area contributed by atoms with E-state index >= 15 is 0 Å². The number of fused-ring (bicyclic) bond motifs is 7. The fourth-order valence-electron chi connectivity index (χ4n) is 7.46. The molecule has 0 aliphatic heterocycles. The van der Waals surface area contributed by atoms with Crippen LogP contribution < -0.4 is 0 Å². The lowest BCUT2D eigenvalue weighted by Gasteiger charge is -2.22. The zero-order valence-electron chi connectivity index (χ0n) is 26.9. The van der Waals surface area contributed by atoms with Gasteiger partial charge in [0.25, 0.3) is 0 Å². The molecule has 5 heteroatoms. The third kappa shape index (κ3) is 4.02. The molecule has 0 unspecified atom stereocenters. The van der Waals surface area contributed by atoms with Crippen LogP contribution in [-0.2, 0) is 0 Å². The van der Waals surface area contributed by atoms with Crippen molar-refractivity contribution in [1.29, 1.82) is 0 Å². The van der Waals surface area contributed by atoms with E-state index in [4.69, 9.17) is 9.40 Å². The van der Waals surface area contributed by atoms with Crippen LogP contribution in [0.3, 0.4) is 0 Å². The van der Waals surface area contributed by atoms with Crippen LogP contribution in [0, 0.1) is 0 Å². The number of aromatic nitrogens is 4. The Kier molecular flexibility index (Phi) is 6.13. The van der Waals surface area contributed by atoms with Crippen molar-refractivity contribution in [3.63, 3.8) is 0 Å². The predicted molar refractivity (Wildman–Crippen MR) is 194 cm³/mol. The highest BCUT2D eigenvalue weighted by atomic mass is 16.3. The summed E-state index contributed by atoms with van der Waals surface area (Å²) in [7, 11) is 0. The molecule has 9 rings (SSSR count). The van der Waals surface area contributed by atoms with Crippen LogP contribution in [0.25, 0.3) is 77.5 Å². The summed E-state index contributed by atoms with van der Waals surface area (Å²) in [5.41, 5.74) is 11.7. The summed E-state index contributed by atoms with van der Waals surface area (Å²) in [6.07, 6.45) is 3.76. The molecule has 4 heterocycles. The Balaban J connectivity index is 1.43. The molecule has 4 aromatic heterocycles. The average Bonchev–Trinajstić information content (AvgIpc) is 3.77. The van der Waals surface area contributed by atoms with Gasteiger partial charge in [-0.2, -0.15) is 0 Å². The minimum absolute atomic E-state index is 0.314. The molecule has 0 spiro atoms. The molecule has 0 fully saturated rings. The predicted octanol–water partition coefficient (Wildman–Crippen LogP) is 11.3. The van der Waals surface area contributed by atoms with Crippen molar-refractivity contribution in [3.05, 3.63) is 133 Å². The summed E-state index contributed by atoms with van der Waals surface area (Å²) >= 11 is 0. The number of hydrogen-bond acceptors (Lipinski definition) is 3. The molecule has 0 saturated heterocycles. The Hall–Kier alpha value is -5.68. The highest BCUT2D eigenvalue weighted by molar-refractivity contribution is 6.16. The lowest BCUT2D eigenvalue weighted by Crippen LogP contribution is -2.08. The van der Waals surface area contributed by atoms with Gasteiger partial charge < -0.3 is 8.98 Å². The molecular formula is C42H34N4O. The van der Waals surface area contributed by atoms with Crippen molar-refractivity contribution in [2.75, 3.05) is 0 Å². The van der Waals surface area contributed by atoms with Gasteiger partial charge in [0.15, 0.2) is 0 Å². The minimum Gasteiger partial charge on any atom is -0.455 e. The second-order valence-electron chi connectivity index (χ2n) is 13.0. The fourth-order valence-corrected chi connectivity index (χ4v) is 7.46. The summed E-state index contributed by atoms with van der Waals surface area (Å²) in [5, 5.41) is 4.61. The zero-order valence-corrected chi connectivity index (χ0v) is 26.9. The van der Waals surface area contributed by atoms with Crippen LogP contribution in [0.2, 0.25) is 0 Å². The number of pyridine rings is 1. The van der Waals surface area contributed by atoms with Crippen LogP contribution in [0.1, 0.15) is 50.7 Å². The lowest BCUT2D eigenvalue weighted by molar-refractivity contribution is 0.669. The molecule has 0 amide bonds. The fraction of sp³-hybridized carbons (Fsp3) is 0.143. The van der Waals surface area contributed by atoms with Crippen molar-refractivity contribution in [2.24, 2.45) is 0 Å². The molecule has 0 bridgehead atoms. The van der Waals surface area contributed by atoms with Gasteiger partial charge in [-0.15, -0.1) is 0 Å². The Morgan fingerprint density at radius 2 is 1.23 bits per heavy atom. The van der Waals surface area contributed by atoms with Crippen molar-refractivity contribution >= 4 is 54.8 Å². The minimum atomic E-state index is 0.314. The molecule has 0 N–H and O–H groups in total. The monoisotopic (exact) mass is 610 g/mol. The number of hydrogen-bond donors (Lipinski definition) is 0. The second kappa shape index (κ2) is 10.4. The highest BCUT2D eigenvalue weighted by Crippen LogP contribution is 2.44. The first-order valence-corrected chi connectivity index (χ1v) is 16.4. The number of imidazole rings is 1. The number of nitrogens with zero attached hydrogens (tertiary/aromatic N) is 4. The smallest absolute Gasteiger partial charge is 0.149 e. The van der Waals surface area contributed by atoms with Gasteiger partial charge in [-0.25, -0.2) is 4.98 Å². The summed E-state index contributed by atoms with van der Waals surface area (Å²) < 4.78 is 11.6. The van der Waals surface area contributed by atoms with Gasteiger partial charge in [-0.05, 0) is 59.4 Å². The first kappa shape index (κ1) is 27.6. The molecular weight excluding hydrogens is 576 g/mol. The quantitative estimate of drug-likeness (QED) is 0.195. The Bertz CT molecular complexity index is 2570. The third-order valence-electron chi connectivity index (χ3n) is 9.59. The number of rotatable bonds is 5. The van der Waals surface area contributed by atoms with E-state index in [1.807, 2.05) is 24.5 Å². The van der Waals surface area contributed by atoms with E-state index in [1.54, 1.807) is 0 Å². The number of benzene rings is 5. The molecule has 9 aromatic rings. The van der Waals surface area contributed by atoms with Crippen LogP contribution >= 0.6 is 0 Å². The van der Waals surface area contributed by atoms with Crippen molar-refractivity contribution < 1.29 is 4.42 Å². The summed E-state index contributed by atoms with van der Waals surface area (Å²) in [5.74, 6) is 1.48. The zero-order chi connectivity index (χ0) is 31.8. The van der Waals surface area contributed by atoms with Crippen LogP contribution in [0.15, 0.2) is 126 Å². The van der Waals surface area contributed by atoms with Gasteiger partial charge in [-0.3, -0.25) is 9.55 Å². The van der Waals surface area contributed by atoms with Gasteiger partial charge in [0.2, 0.25) is 0 Å². The molecule has 0 aliphatic rings. The molecule has 228 valence electrons. The van der Waals surface area contributed by atoms with E-state index in [-0.39, 0.29) is 0 Å². The Morgan fingerprint density at radius 1 is 0.596 bits per heavy atom. The molecule has 47 heavy (non-hydrogen) atoms. The average molecular weight is 611 g/mol. The van der Waals surface area contributed by atoms with Gasteiger partial charge in [0, 0.05) is 22.4 Å². The molecule has 5 nitrogen and oxygen atoms in total. The van der Waals surface area contributed by atoms with E-state index < -0.39 is 0 Å². The van der Waals surface area contributed by atoms with E-state index in [1.165, 1.54) is 38.6 Å². The van der Waals surface area contributed by atoms with E-state index in [9.17, 15) is 0 Å². The highest BCUT2D eigenvalue weighted by Gasteiger charge is 2.26. The maximum Gasteiger partial charge on any atom is 0.149 e. The first-order chi connectivity index (χ1) is 23.0. The molecule has 5 aromatic carbocycles. The largest absolute Gasteiger partial charge is 0.455 e. The van der Waals surface area contributed by atoms with Crippen molar-refractivity contribution in [3.8, 4) is 22.8 Å². The summed E-state index contributed by atoms with van der Waals surface area (Å²) in [6, 6.07) is 38.8. The topological polar surface area (TPSA) is 48.8 Å². The third-order valence-corrected chi connectivity index (χ3v) is 9.59. The molecule has 0 aliphatic carbocycles. The first-order valence-electron chi connectivity index (χ1n) is 16.4. The van der Waals surface area contributed by atoms with Crippen molar-refractivity contribution in [2.45, 2.75) is 39.5 Å². The van der Waals surface area contributed by atoms with Crippen LogP contribution in [0.4, 0.5) is 0 Å². The van der Waals surface area contributed by atoms with E-state index in [0.717, 1.165) is 50.0 Å². The maximum atomic E-state index is 6.86. The van der Waals surface area contributed by atoms with Gasteiger partial charge in [0.05, 0.1) is 50.6 Å². The van der Waals surface area contributed by atoms with Crippen LogP contribution in [0.5, 0.6) is 0 Å². The Morgan fingerprint density at radius 3 is 1.91 bits per heavy atom. The molecule has 0 radical (unpaired) electrons. The SMILES string of the molecule is CC(C)c1cccc(C(C)C)c1-n1c(-c2ccc(-n3c4ccccc4c4ccccc43)c3c2oc2ccccc23)nc2ccncc21. The summed E-state index contributed by atoms with van der Waals surface area (Å²) in [6.45, 7) is 9.05. The Labute approximate surface area is 272 Å². The molecule has 0 atom stereocenters. The van der Waals surface area contributed by atoms with Gasteiger partial charge in [-0.1, -0.05) is 100 Å². The number of furan rings is 1. The van der Waals surface area contributed by atoms with Gasteiger partial charge in [0.1, 0.15) is 17.0 Å². The van der Waals surface area contributed by atoms with Crippen molar-refractivity contribution in [1.82, 2.24) is 19.1 Å². The standard InChI is InChI=1S/C42H34N4O/c1-25(2)27-15-11-16-28(26(3)4)40(27)46-37-24-43-23-22-33(37)44-42(46)32-20-21-36(39-31-14-7-10-19-38(31)47-41(32)39)45-34-17-8-5-12-29(34)30-13-6-9-18-35(30)45/h5-26H,1-4H3. The maximum absolute atomic E-state index is 6.86. The van der Waals surface area contributed by atoms with Crippen LogP contribution in [-0.4, -0.2) is 19.1 Å². The molecule has 0 saturated carbocycles. The lowest BCUT2D eigenvalue weighted by atomic mass is 9.92. The van der Waals surface area contributed by atoms with Gasteiger partial charge >= 0.3 is 0 Å². The number of para-hydroxylation sites is 4. The summed E-state index contributed by atoms with van der Waals surface area (Å²) in [4.78, 5) is 9.90.